The minimum absolute atomic E-state index is 0. The van der Waals surface area contributed by atoms with Crippen molar-refractivity contribution < 1.29 is 46.7 Å². The predicted octanol–water partition coefficient (Wildman–Crippen LogP) is -1.18. The van der Waals surface area contributed by atoms with Gasteiger partial charge in [0.2, 0.25) is 10.4 Å². The first-order valence-corrected chi connectivity index (χ1v) is 5.96. The van der Waals surface area contributed by atoms with Crippen LogP contribution < -0.4 is 29.6 Å². The third kappa shape index (κ3) is 4.06. The van der Waals surface area contributed by atoms with Crippen LogP contribution in [0.15, 0.2) is 42.5 Å². The van der Waals surface area contributed by atoms with Crippen molar-refractivity contribution in [1.82, 2.24) is 0 Å². The van der Waals surface area contributed by atoms with Crippen LogP contribution in [0.4, 0.5) is 0 Å². The van der Waals surface area contributed by atoms with Crippen molar-refractivity contribution in [3.8, 4) is 0 Å². The summed E-state index contributed by atoms with van der Waals surface area (Å²) in [5, 5.41) is 1.86. The number of fused-ring (bicyclic) bond motifs is 1. The van der Waals surface area contributed by atoms with E-state index in [0.29, 0.717) is 5.56 Å². The van der Waals surface area contributed by atoms with Gasteiger partial charge >= 0.3 is 29.6 Å². The molecule has 0 radical (unpaired) electrons. The fraction of sp³-hybridized carbons (Fsp3) is 0.0909. The van der Waals surface area contributed by atoms with E-state index in [4.69, 9.17) is 0 Å². The maximum Gasteiger partial charge on any atom is 1.00 e. The quantitative estimate of drug-likeness (QED) is 0.396. The zero-order chi connectivity index (χ0) is 11.6. The molecule has 0 unspecified atom stereocenters. The van der Waals surface area contributed by atoms with Gasteiger partial charge in [-0.2, -0.15) is 0 Å². The van der Waals surface area contributed by atoms with Crippen LogP contribution in [0, 0.1) is 0 Å². The number of hydrogen-bond donors (Lipinski definition) is 0. The third-order valence-corrected chi connectivity index (χ3v) is 2.65. The second kappa shape index (κ2) is 5.95. The van der Waals surface area contributed by atoms with Gasteiger partial charge in [0, 0.05) is 0 Å². The molecule has 84 valence electrons. The molecule has 4 nitrogen and oxygen atoms in total. The molecular formula is C11H9NaO4S. The molecule has 0 spiro atoms. The third-order valence-electron chi connectivity index (χ3n) is 2.24. The van der Waals surface area contributed by atoms with Gasteiger partial charge in [-0.3, -0.25) is 4.18 Å². The normalized spacial score (nSPS) is 11.1. The molecule has 6 heteroatoms. The summed E-state index contributed by atoms with van der Waals surface area (Å²) in [6.07, 6.45) is 0. The van der Waals surface area contributed by atoms with E-state index in [-0.39, 0.29) is 36.2 Å². The Bertz CT molecular complexity index is 604. The van der Waals surface area contributed by atoms with Crippen LogP contribution in [-0.4, -0.2) is 13.0 Å². The van der Waals surface area contributed by atoms with Gasteiger partial charge in [-0.15, -0.1) is 0 Å². The van der Waals surface area contributed by atoms with Gasteiger partial charge in [-0.05, 0) is 16.3 Å². The summed E-state index contributed by atoms with van der Waals surface area (Å²) in [5.74, 6) is 0. The van der Waals surface area contributed by atoms with E-state index in [0.717, 1.165) is 10.8 Å². The van der Waals surface area contributed by atoms with Crippen molar-refractivity contribution in [2.24, 2.45) is 0 Å². The summed E-state index contributed by atoms with van der Waals surface area (Å²) >= 11 is 0. The summed E-state index contributed by atoms with van der Waals surface area (Å²) < 4.78 is 35.3. The molecule has 0 amide bonds. The zero-order valence-electron chi connectivity index (χ0n) is 9.29. The van der Waals surface area contributed by atoms with E-state index < -0.39 is 10.4 Å². The molecule has 17 heavy (non-hydrogen) atoms. The Kier molecular flexibility index (Phi) is 5.12. The van der Waals surface area contributed by atoms with Crippen molar-refractivity contribution in [3.63, 3.8) is 0 Å². The van der Waals surface area contributed by atoms with Crippen molar-refractivity contribution in [1.29, 1.82) is 0 Å². The average molecular weight is 260 g/mol. The molecule has 0 N–H and O–H groups in total. The second-order valence-electron chi connectivity index (χ2n) is 3.31. The maximum absolute atomic E-state index is 10.4. The molecule has 2 aromatic rings. The van der Waals surface area contributed by atoms with E-state index in [2.05, 4.69) is 4.18 Å². The molecule has 0 saturated carbocycles. The van der Waals surface area contributed by atoms with Gasteiger partial charge in [0.25, 0.3) is 0 Å². The Balaban J connectivity index is 0.00000144. The number of hydrogen-bond acceptors (Lipinski definition) is 4. The van der Waals surface area contributed by atoms with Gasteiger partial charge in [-0.1, -0.05) is 42.5 Å². The molecule has 0 aliphatic rings. The molecule has 2 aromatic carbocycles. The summed E-state index contributed by atoms with van der Waals surface area (Å²) in [6.45, 7) is -0.229. The van der Waals surface area contributed by atoms with Gasteiger partial charge < -0.3 is 4.55 Å². The van der Waals surface area contributed by atoms with Crippen LogP contribution in [0.25, 0.3) is 10.8 Å². The predicted molar refractivity (Wildman–Crippen MR) is 58.4 cm³/mol. The van der Waals surface area contributed by atoms with Gasteiger partial charge in [0.05, 0.1) is 6.61 Å². The molecular weight excluding hydrogens is 251 g/mol. The van der Waals surface area contributed by atoms with Crippen molar-refractivity contribution in [2.75, 3.05) is 0 Å². The van der Waals surface area contributed by atoms with Gasteiger partial charge in [0.15, 0.2) is 0 Å². The molecule has 0 aliphatic carbocycles. The first kappa shape index (κ1) is 14.6. The van der Waals surface area contributed by atoms with E-state index in [1.54, 1.807) is 12.1 Å². The van der Waals surface area contributed by atoms with Crippen LogP contribution in [0.2, 0.25) is 0 Å². The van der Waals surface area contributed by atoms with Crippen molar-refractivity contribution >= 4 is 21.2 Å². The van der Waals surface area contributed by atoms with Crippen LogP contribution in [0.5, 0.6) is 0 Å². The van der Waals surface area contributed by atoms with Crippen LogP contribution >= 0.6 is 0 Å². The summed E-state index contributed by atoms with van der Waals surface area (Å²) in [6, 6.07) is 12.9. The molecule has 0 bridgehead atoms. The van der Waals surface area contributed by atoms with Crippen LogP contribution in [0.1, 0.15) is 5.56 Å². The molecule has 0 atom stereocenters. The first-order chi connectivity index (χ1) is 7.56. The largest absolute Gasteiger partial charge is 1.00 e. The van der Waals surface area contributed by atoms with Crippen LogP contribution in [-0.2, 0) is 21.2 Å². The first-order valence-electron chi connectivity index (χ1n) is 4.63. The number of rotatable bonds is 3. The molecule has 2 rings (SSSR count). The topological polar surface area (TPSA) is 66.4 Å². The monoisotopic (exact) mass is 260 g/mol. The van der Waals surface area contributed by atoms with E-state index >= 15 is 0 Å². The minimum atomic E-state index is -4.64. The summed E-state index contributed by atoms with van der Waals surface area (Å²) in [7, 11) is -4.64. The SMILES string of the molecule is O=S(=O)([O-])OCc1cccc2ccccc12.[Na+]. The Morgan fingerprint density at radius 3 is 2.41 bits per heavy atom. The van der Waals surface area contributed by atoms with Crippen molar-refractivity contribution in [2.45, 2.75) is 6.61 Å². The standard InChI is InChI=1S/C11H10O4S.Na/c12-16(13,14)15-8-10-6-3-5-9-4-1-2-7-11(9)10;/h1-7H,8H2,(H,12,13,14);/q;+1/p-1. The van der Waals surface area contributed by atoms with E-state index in [9.17, 15) is 13.0 Å². The molecule has 0 aromatic heterocycles. The Morgan fingerprint density at radius 1 is 1.06 bits per heavy atom. The number of benzene rings is 2. The van der Waals surface area contributed by atoms with E-state index in [1.807, 2.05) is 30.3 Å². The summed E-state index contributed by atoms with van der Waals surface area (Å²) in [5.41, 5.74) is 0.678. The molecule has 0 saturated heterocycles. The van der Waals surface area contributed by atoms with Crippen LogP contribution in [0.3, 0.4) is 0 Å². The fourth-order valence-electron chi connectivity index (χ4n) is 1.55. The van der Waals surface area contributed by atoms with Gasteiger partial charge in [0.1, 0.15) is 0 Å². The Labute approximate surface area is 122 Å². The maximum atomic E-state index is 10.4. The molecule has 0 fully saturated rings. The Hall–Kier alpha value is -0.430. The molecule has 0 aliphatic heterocycles. The average Bonchev–Trinajstić information content (AvgIpc) is 2.25. The van der Waals surface area contributed by atoms with Gasteiger partial charge in [-0.25, -0.2) is 8.42 Å². The smallest absolute Gasteiger partial charge is 0.726 e. The molecule has 0 heterocycles. The summed E-state index contributed by atoms with van der Waals surface area (Å²) in [4.78, 5) is 0. The minimum Gasteiger partial charge on any atom is -0.726 e. The van der Waals surface area contributed by atoms with E-state index in [1.165, 1.54) is 0 Å². The second-order valence-corrected chi connectivity index (χ2v) is 4.36. The fourth-order valence-corrected chi connectivity index (χ4v) is 1.83. The Morgan fingerprint density at radius 2 is 1.71 bits per heavy atom. The zero-order valence-corrected chi connectivity index (χ0v) is 12.1. The van der Waals surface area contributed by atoms with Crippen molar-refractivity contribution in [3.05, 3.63) is 48.0 Å².